The molecule has 0 spiro atoms. The van der Waals surface area contributed by atoms with Crippen LogP contribution in [0.5, 0.6) is 0 Å². The second kappa shape index (κ2) is 5.12. The van der Waals surface area contributed by atoms with E-state index in [0.29, 0.717) is 6.61 Å². The van der Waals surface area contributed by atoms with Crippen molar-refractivity contribution in [1.29, 1.82) is 0 Å². The van der Waals surface area contributed by atoms with Gasteiger partial charge in [-0.25, -0.2) is 4.79 Å². The molecule has 0 saturated carbocycles. The molecule has 1 atom stereocenters. The zero-order valence-electron chi connectivity index (χ0n) is 7.87. The zero-order chi connectivity index (χ0) is 10.6. The van der Waals surface area contributed by atoms with Crippen molar-refractivity contribution in [1.82, 2.24) is 0 Å². The number of esters is 1. The molecule has 0 heterocycles. The number of nitrogens with two attached hydrogens (primary N) is 1. The lowest BCUT2D eigenvalue weighted by Gasteiger charge is -2.10. The smallest absolute Gasteiger partial charge is 0.327 e. The van der Waals surface area contributed by atoms with Gasteiger partial charge in [0.15, 0.2) is 0 Å². The number of halogens is 1. The Bertz CT molecular complexity index is 310. The Morgan fingerprint density at radius 2 is 2.07 bits per heavy atom. The molecule has 3 nitrogen and oxygen atoms in total. The van der Waals surface area contributed by atoms with E-state index in [1.165, 1.54) is 0 Å². The molecule has 76 valence electrons. The molecule has 2 N–H and O–H groups in total. The largest absolute Gasteiger partial charge is 0.465 e. The standard InChI is InChI=1S/C10H12BrNO2/c1-2-14-10(13)9(12)7-3-5-8(11)6-4-7/h3-6,9H,2,12H2,1H3. The average molecular weight is 258 g/mol. The third-order valence-electron chi connectivity index (χ3n) is 1.77. The maximum absolute atomic E-state index is 11.3. The number of rotatable bonds is 3. The van der Waals surface area contributed by atoms with E-state index in [1.54, 1.807) is 19.1 Å². The highest BCUT2D eigenvalue weighted by atomic mass is 79.9. The van der Waals surface area contributed by atoms with E-state index in [4.69, 9.17) is 10.5 Å². The van der Waals surface area contributed by atoms with Crippen LogP contribution in [-0.2, 0) is 9.53 Å². The summed E-state index contributed by atoms with van der Waals surface area (Å²) in [5.41, 5.74) is 6.44. The van der Waals surface area contributed by atoms with Crippen molar-refractivity contribution in [2.24, 2.45) is 5.73 Å². The van der Waals surface area contributed by atoms with Crippen LogP contribution in [0.4, 0.5) is 0 Å². The molecule has 1 rings (SSSR count). The van der Waals surface area contributed by atoms with Crippen molar-refractivity contribution in [3.05, 3.63) is 34.3 Å². The Morgan fingerprint density at radius 1 is 1.50 bits per heavy atom. The van der Waals surface area contributed by atoms with Gasteiger partial charge in [0, 0.05) is 4.47 Å². The molecule has 4 heteroatoms. The molecule has 0 aliphatic rings. The van der Waals surface area contributed by atoms with Crippen LogP contribution in [0.15, 0.2) is 28.7 Å². The van der Waals surface area contributed by atoms with Crippen LogP contribution in [0.3, 0.4) is 0 Å². The minimum atomic E-state index is -0.692. The van der Waals surface area contributed by atoms with Crippen molar-refractivity contribution in [2.45, 2.75) is 13.0 Å². The van der Waals surface area contributed by atoms with Crippen LogP contribution in [0.2, 0.25) is 0 Å². The van der Waals surface area contributed by atoms with E-state index < -0.39 is 12.0 Å². The van der Waals surface area contributed by atoms with Gasteiger partial charge in [-0.05, 0) is 24.6 Å². The fraction of sp³-hybridized carbons (Fsp3) is 0.300. The lowest BCUT2D eigenvalue weighted by molar-refractivity contribution is -0.144. The minimum Gasteiger partial charge on any atom is -0.465 e. The van der Waals surface area contributed by atoms with Crippen molar-refractivity contribution in [2.75, 3.05) is 6.61 Å². The van der Waals surface area contributed by atoms with E-state index in [9.17, 15) is 4.79 Å². The summed E-state index contributed by atoms with van der Waals surface area (Å²) in [5.74, 6) is -0.394. The maximum atomic E-state index is 11.3. The maximum Gasteiger partial charge on any atom is 0.327 e. The van der Waals surface area contributed by atoms with Gasteiger partial charge in [0.05, 0.1) is 6.61 Å². The molecule has 0 bridgehead atoms. The Balaban J connectivity index is 2.73. The SMILES string of the molecule is CCOC(=O)C(N)c1ccc(Br)cc1. The fourth-order valence-corrected chi connectivity index (χ4v) is 1.30. The topological polar surface area (TPSA) is 52.3 Å². The van der Waals surface area contributed by atoms with E-state index >= 15 is 0 Å². The highest BCUT2D eigenvalue weighted by molar-refractivity contribution is 9.10. The van der Waals surface area contributed by atoms with Crippen LogP contribution >= 0.6 is 15.9 Å². The monoisotopic (exact) mass is 257 g/mol. The van der Waals surface area contributed by atoms with Gasteiger partial charge in [-0.2, -0.15) is 0 Å². The number of hydrogen-bond donors (Lipinski definition) is 1. The summed E-state index contributed by atoms with van der Waals surface area (Å²) < 4.78 is 5.77. The number of carbonyl (C=O) groups excluding carboxylic acids is 1. The van der Waals surface area contributed by atoms with Crippen molar-refractivity contribution >= 4 is 21.9 Å². The van der Waals surface area contributed by atoms with Gasteiger partial charge in [0.25, 0.3) is 0 Å². The summed E-state index contributed by atoms with van der Waals surface area (Å²) in [6, 6.07) is 6.59. The number of hydrogen-bond acceptors (Lipinski definition) is 3. The quantitative estimate of drug-likeness (QED) is 0.844. The lowest BCUT2D eigenvalue weighted by atomic mass is 10.1. The van der Waals surface area contributed by atoms with Crippen LogP contribution in [0.1, 0.15) is 18.5 Å². The molecular weight excluding hydrogens is 246 g/mol. The lowest BCUT2D eigenvalue weighted by Crippen LogP contribution is -2.23. The van der Waals surface area contributed by atoms with Crippen LogP contribution in [-0.4, -0.2) is 12.6 Å². The highest BCUT2D eigenvalue weighted by Crippen LogP contribution is 2.16. The van der Waals surface area contributed by atoms with E-state index in [-0.39, 0.29) is 0 Å². The van der Waals surface area contributed by atoms with Gasteiger partial charge in [-0.1, -0.05) is 28.1 Å². The minimum absolute atomic E-state index is 0.350. The molecule has 0 aliphatic heterocycles. The van der Waals surface area contributed by atoms with Crippen molar-refractivity contribution in [3.63, 3.8) is 0 Å². The molecule has 0 aromatic heterocycles. The van der Waals surface area contributed by atoms with E-state index in [0.717, 1.165) is 10.0 Å². The summed E-state index contributed by atoms with van der Waals surface area (Å²) in [7, 11) is 0. The predicted molar refractivity (Wildman–Crippen MR) is 57.7 cm³/mol. The summed E-state index contributed by atoms with van der Waals surface area (Å²) in [6.45, 7) is 2.11. The van der Waals surface area contributed by atoms with Gasteiger partial charge in [-0.3, -0.25) is 0 Å². The van der Waals surface area contributed by atoms with Gasteiger partial charge in [0.1, 0.15) is 6.04 Å². The van der Waals surface area contributed by atoms with Crippen LogP contribution < -0.4 is 5.73 Å². The molecule has 1 aromatic rings. The summed E-state index contributed by atoms with van der Waals surface area (Å²) in [6.07, 6.45) is 0. The Kier molecular flexibility index (Phi) is 4.10. The Labute approximate surface area is 91.4 Å². The molecule has 14 heavy (non-hydrogen) atoms. The average Bonchev–Trinajstić information content (AvgIpc) is 2.18. The first-order valence-corrected chi connectivity index (χ1v) is 5.12. The second-order valence-corrected chi connectivity index (χ2v) is 3.70. The van der Waals surface area contributed by atoms with Gasteiger partial charge in [-0.15, -0.1) is 0 Å². The summed E-state index contributed by atoms with van der Waals surface area (Å²) in [5, 5.41) is 0. The molecular formula is C10H12BrNO2. The summed E-state index contributed by atoms with van der Waals surface area (Å²) >= 11 is 3.31. The number of ether oxygens (including phenoxy) is 1. The molecule has 1 unspecified atom stereocenters. The predicted octanol–water partition coefficient (Wildman–Crippen LogP) is 2.01. The van der Waals surface area contributed by atoms with Crippen LogP contribution in [0.25, 0.3) is 0 Å². The van der Waals surface area contributed by atoms with E-state index in [2.05, 4.69) is 15.9 Å². The molecule has 0 aliphatic carbocycles. The number of benzene rings is 1. The molecule has 0 saturated heterocycles. The first-order valence-electron chi connectivity index (χ1n) is 4.33. The third kappa shape index (κ3) is 2.82. The van der Waals surface area contributed by atoms with Crippen molar-refractivity contribution in [3.8, 4) is 0 Å². The first-order chi connectivity index (χ1) is 6.65. The fourth-order valence-electron chi connectivity index (χ4n) is 1.04. The third-order valence-corrected chi connectivity index (χ3v) is 2.30. The molecule has 0 fully saturated rings. The zero-order valence-corrected chi connectivity index (χ0v) is 9.45. The molecule has 0 radical (unpaired) electrons. The molecule has 1 aromatic carbocycles. The normalized spacial score (nSPS) is 12.2. The van der Waals surface area contributed by atoms with Gasteiger partial charge >= 0.3 is 5.97 Å². The molecule has 0 amide bonds. The Hall–Kier alpha value is -0.870. The first kappa shape index (κ1) is 11.2. The highest BCUT2D eigenvalue weighted by Gasteiger charge is 2.16. The van der Waals surface area contributed by atoms with Gasteiger partial charge in [0.2, 0.25) is 0 Å². The van der Waals surface area contributed by atoms with Gasteiger partial charge < -0.3 is 10.5 Å². The van der Waals surface area contributed by atoms with Crippen LogP contribution in [0, 0.1) is 0 Å². The number of carbonyl (C=O) groups is 1. The summed E-state index contributed by atoms with van der Waals surface area (Å²) in [4.78, 5) is 11.3. The van der Waals surface area contributed by atoms with Crippen molar-refractivity contribution < 1.29 is 9.53 Å². The van der Waals surface area contributed by atoms with E-state index in [1.807, 2.05) is 12.1 Å². The Morgan fingerprint density at radius 3 is 2.57 bits per heavy atom. The second-order valence-electron chi connectivity index (χ2n) is 2.78.